The number of nitrogens with one attached hydrogen (secondary N) is 2. The van der Waals surface area contributed by atoms with Crippen molar-refractivity contribution in [3.63, 3.8) is 0 Å². The van der Waals surface area contributed by atoms with E-state index in [2.05, 4.69) is 34.9 Å². The first-order chi connectivity index (χ1) is 15.8. The minimum Gasteiger partial charge on any atom is -0.480 e. The molecule has 0 bridgehead atoms. The van der Waals surface area contributed by atoms with Gasteiger partial charge >= 0.3 is 12.1 Å². The molecular weight excluding hydrogens is 420 g/mol. The van der Waals surface area contributed by atoms with Gasteiger partial charge in [-0.15, -0.1) is 0 Å². The van der Waals surface area contributed by atoms with E-state index in [-0.39, 0.29) is 30.9 Å². The van der Waals surface area contributed by atoms with E-state index in [0.717, 1.165) is 28.7 Å². The number of rotatable bonds is 7. The topological polar surface area (TPSA) is 105 Å². The lowest BCUT2D eigenvalue weighted by molar-refractivity contribution is -0.147. The maximum atomic E-state index is 12.8. The van der Waals surface area contributed by atoms with E-state index in [0.29, 0.717) is 12.8 Å². The number of alkyl carbamates (subject to hydrolysis) is 1. The average Bonchev–Trinajstić information content (AvgIpc) is 3.40. The third kappa shape index (κ3) is 4.45. The molecule has 3 N–H and O–H groups in total. The van der Waals surface area contributed by atoms with Gasteiger partial charge in [0.25, 0.3) is 0 Å². The van der Waals surface area contributed by atoms with Crippen LogP contribution in [0.4, 0.5) is 4.79 Å². The summed E-state index contributed by atoms with van der Waals surface area (Å²) < 4.78 is 5.61. The van der Waals surface area contributed by atoms with Gasteiger partial charge in [-0.1, -0.05) is 61.9 Å². The number of carboxylic acids is 1. The van der Waals surface area contributed by atoms with Crippen LogP contribution in [0.15, 0.2) is 48.5 Å². The van der Waals surface area contributed by atoms with Crippen LogP contribution in [-0.4, -0.2) is 41.3 Å². The zero-order chi connectivity index (χ0) is 23.6. The van der Waals surface area contributed by atoms with Gasteiger partial charge in [-0.2, -0.15) is 0 Å². The molecule has 2 aliphatic rings. The van der Waals surface area contributed by atoms with Crippen molar-refractivity contribution in [2.75, 3.05) is 6.61 Å². The van der Waals surface area contributed by atoms with Crippen LogP contribution in [0.3, 0.4) is 0 Å². The number of ether oxygens (including phenoxy) is 1. The van der Waals surface area contributed by atoms with Crippen LogP contribution >= 0.6 is 0 Å². The van der Waals surface area contributed by atoms with Crippen LogP contribution in [0, 0.1) is 5.92 Å². The molecule has 2 aliphatic carbocycles. The highest BCUT2D eigenvalue weighted by molar-refractivity contribution is 5.88. The molecule has 3 atom stereocenters. The number of hydrogen-bond donors (Lipinski definition) is 3. The minimum absolute atomic E-state index is 0.0355. The van der Waals surface area contributed by atoms with E-state index in [1.165, 1.54) is 6.92 Å². The Morgan fingerprint density at radius 3 is 2.21 bits per heavy atom. The van der Waals surface area contributed by atoms with Gasteiger partial charge < -0.3 is 20.5 Å². The smallest absolute Gasteiger partial charge is 0.407 e. The summed E-state index contributed by atoms with van der Waals surface area (Å²) >= 11 is 0. The first-order valence-electron chi connectivity index (χ1n) is 11.5. The molecule has 174 valence electrons. The summed E-state index contributed by atoms with van der Waals surface area (Å²) in [7, 11) is 0. The molecule has 7 nitrogen and oxygen atoms in total. The Morgan fingerprint density at radius 2 is 1.64 bits per heavy atom. The van der Waals surface area contributed by atoms with E-state index in [1.54, 1.807) is 6.92 Å². The van der Waals surface area contributed by atoms with Crippen LogP contribution in [0.1, 0.15) is 56.6 Å². The molecule has 2 aromatic rings. The minimum atomic E-state index is -1.33. The number of hydrogen-bond acceptors (Lipinski definition) is 4. The summed E-state index contributed by atoms with van der Waals surface area (Å²) in [6.07, 6.45) is 1.74. The molecule has 1 unspecified atom stereocenters. The summed E-state index contributed by atoms with van der Waals surface area (Å²) in [6, 6.07) is 15.9. The second-order valence-electron chi connectivity index (χ2n) is 9.09. The molecule has 2 aromatic carbocycles. The van der Waals surface area contributed by atoms with Crippen LogP contribution in [0.25, 0.3) is 11.1 Å². The molecule has 2 amide bonds. The number of aliphatic carboxylic acids is 1. The Morgan fingerprint density at radius 1 is 1.03 bits per heavy atom. The second-order valence-corrected chi connectivity index (χ2v) is 9.09. The molecule has 0 aliphatic heterocycles. The Bertz CT molecular complexity index is 1020. The zero-order valence-electron chi connectivity index (χ0n) is 19.0. The summed E-state index contributed by atoms with van der Waals surface area (Å²) in [5.74, 6) is -1.93. The lowest BCUT2D eigenvalue weighted by Crippen LogP contribution is -2.55. The highest BCUT2D eigenvalue weighted by Crippen LogP contribution is 2.44. The van der Waals surface area contributed by atoms with Gasteiger partial charge in [0.05, 0.1) is 5.92 Å². The molecule has 33 heavy (non-hydrogen) atoms. The molecule has 0 spiro atoms. The molecule has 0 heterocycles. The number of carboxylic acid groups (broad SMARTS) is 1. The quantitative estimate of drug-likeness (QED) is 0.590. The van der Waals surface area contributed by atoms with Crippen molar-refractivity contribution in [1.82, 2.24) is 10.6 Å². The van der Waals surface area contributed by atoms with Crippen molar-refractivity contribution < 1.29 is 24.2 Å². The third-order valence-electron chi connectivity index (χ3n) is 7.08. The number of fused-ring (bicyclic) bond motifs is 3. The van der Waals surface area contributed by atoms with Crippen molar-refractivity contribution in [1.29, 1.82) is 0 Å². The summed E-state index contributed by atoms with van der Waals surface area (Å²) in [6.45, 7) is 3.42. The molecule has 0 radical (unpaired) electrons. The monoisotopic (exact) mass is 450 g/mol. The van der Waals surface area contributed by atoms with Gasteiger partial charge in [0.2, 0.25) is 5.91 Å². The zero-order valence-corrected chi connectivity index (χ0v) is 19.0. The lowest BCUT2D eigenvalue weighted by atomic mass is 9.95. The number of carbonyl (C=O) groups excluding carboxylic acids is 2. The lowest BCUT2D eigenvalue weighted by Gasteiger charge is -2.28. The van der Waals surface area contributed by atoms with E-state index in [4.69, 9.17) is 4.74 Å². The van der Waals surface area contributed by atoms with Crippen molar-refractivity contribution >= 4 is 18.0 Å². The van der Waals surface area contributed by atoms with Crippen molar-refractivity contribution in [2.24, 2.45) is 5.92 Å². The van der Waals surface area contributed by atoms with E-state index in [1.807, 2.05) is 24.3 Å². The van der Waals surface area contributed by atoms with Crippen LogP contribution in [0.5, 0.6) is 0 Å². The standard InChI is InChI=1S/C26H30N2O5/c1-3-26(2,24(30)31)28-23(29)20-13-8-14-22(20)27-25(32)33-15-21-18-11-6-4-9-16(18)17-10-5-7-12-19(17)21/h4-7,9-12,20-22H,3,8,13-15H2,1-2H3,(H,27,32)(H,28,29)(H,30,31)/t20-,22+,26?/m1/s1. The first kappa shape index (κ1) is 22.8. The van der Waals surface area contributed by atoms with Crippen molar-refractivity contribution in [3.8, 4) is 11.1 Å². The fraction of sp³-hybridized carbons (Fsp3) is 0.423. The van der Waals surface area contributed by atoms with E-state index in [9.17, 15) is 19.5 Å². The van der Waals surface area contributed by atoms with Gasteiger partial charge in [0, 0.05) is 12.0 Å². The summed E-state index contributed by atoms with van der Waals surface area (Å²) in [5, 5.41) is 14.9. The van der Waals surface area contributed by atoms with Crippen molar-refractivity contribution in [2.45, 2.75) is 57.0 Å². The third-order valence-corrected chi connectivity index (χ3v) is 7.08. The molecule has 0 aromatic heterocycles. The highest BCUT2D eigenvalue weighted by Gasteiger charge is 2.40. The molecule has 7 heteroatoms. The van der Waals surface area contributed by atoms with Gasteiger partial charge in [0.1, 0.15) is 12.1 Å². The van der Waals surface area contributed by atoms with Crippen LogP contribution in [0.2, 0.25) is 0 Å². The second kappa shape index (κ2) is 9.25. The first-order valence-corrected chi connectivity index (χ1v) is 11.5. The van der Waals surface area contributed by atoms with Crippen LogP contribution < -0.4 is 10.6 Å². The Balaban J connectivity index is 1.38. The van der Waals surface area contributed by atoms with Crippen molar-refractivity contribution in [3.05, 3.63) is 59.7 Å². The molecule has 1 fully saturated rings. The Hall–Kier alpha value is -3.35. The SMILES string of the molecule is CCC(C)(NC(=O)[C@@H]1CCC[C@@H]1NC(=O)OCC1c2ccccc2-c2ccccc21)C(=O)O. The molecule has 0 saturated heterocycles. The largest absolute Gasteiger partial charge is 0.480 e. The van der Waals surface area contributed by atoms with Crippen LogP contribution in [-0.2, 0) is 14.3 Å². The maximum absolute atomic E-state index is 12.8. The summed E-state index contributed by atoms with van der Waals surface area (Å²) in [4.78, 5) is 37.0. The molecule has 4 rings (SSSR count). The van der Waals surface area contributed by atoms with Gasteiger partial charge in [-0.3, -0.25) is 4.79 Å². The van der Waals surface area contributed by atoms with Gasteiger partial charge in [-0.25, -0.2) is 9.59 Å². The summed E-state index contributed by atoms with van der Waals surface area (Å²) in [5.41, 5.74) is 3.27. The number of carbonyl (C=O) groups is 3. The van der Waals surface area contributed by atoms with Gasteiger partial charge in [-0.05, 0) is 48.4 Å². The Kier molecular flexibility index (Phi) is 6.40. The van der Waals surface area contributed by atoms with E-state index < -0.39 is 23.5 Å². The predicted octanol–water partition coefficient (Wildman–Crippen LogP) is 4.06. The van der Waals surface area contributed by atoms with E-state index >= 15 is 0 Å². The fourth-order valence-electron chi connectivity index (χ4n) is 4.90. The van der Waals surface area contributed by atoms with Gasteiger partial charge in [0.15, 0.2) is 0 Å². The predicted molar refractivity (Wildman–Crippen MR) is 124 cm³/mol. The molecule has 1 saturated carbocycles. The highest BCUT2D eigenvalue weighted by atomic mass is 16.5. The normalized spacial score (nSPS) is 20.9. The number of benzene rings is 2. The fourth-order valence-corrected chi connectivity index (χ4v) is 4.90. The molecular formula is C26H30N2O5. The number of amides is 2. The Labute approximate surface area is 193 Å². The average molecular weight is 451 g/mol. The maximum Gasteiger partial charge on any atom is 0.407 e.